The molecule has 5 nitrogen and oxygen atoms in total. The number of nitrogens with one attached hydrogen (secondary N) is 2. The standard InChI is InChI=1S/C41H28N4O/c46-26-10-17-30-31-18-20-33(42-31)39(27-11-4-1-5-12-27)35-22-24-37(44-35)41(29-15-8-3-9-16-29)38-25-23-36(45-38)40(28-13-6-2-7-14-28)34-21-19-32(30)43-34/h1-26,42,45H/b17-10+,31-30?,32-30?,39-33?,39-35?,40-34?,40-36?,41-37?,41-38?. The smallest absolute Gasteiger partial charge is 0.142 e. The van der Waals surface area contributed by atoms with Crippen LogP contribution in [0.2, 0.25) is 0 Å². The number of benzene rings is 3. The molecular formula is C41H28N4O. The van der Waals surface area contributed by atoms with Crippen LogP contribution in [0.5, 0.6) is 0 Å². The number of H-pyrrole nitrogens is 2. The average molecular weight is 593 g/mol. The zero-order chi connectivity index (χ0) is 30.9. The van der Waals surface area contributed by atoms with Crippen molar-refractivity contribution in [1.82, 2.24) is 19.9 Å². The van der Waals surface area contributed by atoms with Crippen molar-refractivity contribution in [2.75, 3.05) is 0 Å². The maximum atomic E-state index is 11.5. The van der Waals surface area contributed by atoms with E-state index in [1.54, 1.807) is 0 Å². The van der Waals surface area contributed by atoms with Crippen LogP contribution < -0.4 is 0 Å². The molecule has 2 N–H and O–H groups in total. The highest BCUT2D eigenvalue weighted by molar-refractivity contribution is 5.98. The molecule has 3 aromatic heterocycles. The van der Waals surface area contributed by atoms with Crippen molar-refractivity contribution in [2.45, 2.75) is 0 Å². The van der Waals surface area contributed by atoms with E-state index in [0.717, 1.165) is 90.1 Å². The minimum absolute atomic E-state index is 0.764. The molecule has 0 saturated heterocycles. The number of carbonyl (C=O) groups is 1. The molecule has 5 heterocycles. The number of nitrogens with zero attached hydrogens (tertiary/aromatic N) is 2. The van der Waals surface area contributed by atoms with Gasteiger partial charge in [0.1, 0.15) is 6.29 Å². The fraction of sp³-hybridized carbons (Fsp3) is 0. The molecule has 2 aliphatic heterocycles. The summed E-state index contributed by atoms with van der Waals surface area (Å²) in [5.74, 6) is 0. The molecule has 0 atom stereocenters. The summed E-state index contributed by atoms with van der Waals surface area (Å²) >= 11 is 0. The van der Waals surface area contributed by atoms with Gasteiger partial charge in [0.15, 0.2) is 0 Å². The molecule has 0 amide bonds. The van der Waals surface area contributed by atoms with Crippen LogP contribution in [-0.2, 0) is 4.79 Å². The lowest BCUT2D eigenvalue weighted by Gasteiger charge is -2.06. The van der Waals surface area contributed by atoms with Gasteiger partial charge in [0.25, 0.3) is 0 Å². The summed E-state index contributed by atoms with van der Waals surface area (Å²) in [6, 6.07) is 39.3. The van der Waals surface area contributed by atoms with Gasteiger partial charge in [-0.25, -0.2) is 9.97 Å². The molecule has 2 aliphatic rings. The second-order valence-corrected chi connectivity index (χ2v) is 11.1. The Morgan fingerprint density at radius 2 is 0.804 bits per heavy atom. The van der Waals surface area contributed by atoms with Gasteiger partial charge in [-0.3, -0.25) is 4.79 Å². The molecule has 6 aromatic rings. The molecule has 0 unspecified atom stereocenters. The molecule has 3 aromatic carbocycles. The molecule has 0 spiro atoms. The Balaban J connectivity index is 1.58. The zero-order valence-electron chi connectivity index (χ0n) is 24.8. The van der Waals surface area contributed by atoms with Gasteiger partial charge in [0.05, 0.1) is 22.8 Å². The highest BCUT2D eigenvalue weighted by atomic mass is 16.1. The maximum Gasteiger partial charge on any atom is 0.142 e. The first kappa shape index (κ1) is 27.2. The lowest BCUT2D eigenvalue weighted by atomic mass is 10.0. The Morgan fingerprint density at radius 1 is 0.435 bits per heavy atom. The number of aromatic nitrogens is 4. The van der Waals surface area contributed by atoms with E-state index in [9.17, 15) is 4.79 Å². The molecule has 46 heavy (non-hydrogen) atoms. The van der Waals surface area contributed by atoms with Gasteiger partial charge in [-0.1, -0.05) is 91.0 Å². The first-order chi connectivity index (χ1) is 22.8. The third-order valence-corrected chi connectivity index (χ3v) is 8.32. The van der Waals surface area contributed by atoms with Crippen LogP contribution in [-0.4, -0.2) is 26.2 Å². The number of aldehydes is 1. The van der Waals surface area contributed by atoms with Crippen LogP contribution in [0.3, 0.4) is 0 Å². The second-order valence-electron chi connectivity index (χ2n) is 11.1. The number of hydrogen-bond donors (Lipinski definition) is 2. The fourth-order valence-corrected chi connectivity index (χ4v) is 6.26. The lowest BCUT2D eigenvalue weighted by molar-refractivity contribution is -0.104. The first-order valence-corrected chi connectivity index (χ1v) is 15.2. The van der Waals surface area contributed by atoms with Gasteiger partial charge in [0.2, 0.25) is 0 Å². The Hall–Kier alpha value is -6.33. The van der Waals surface area contributed by atoms with Crippen molar-refractivity contribution in [3.63, 3.8) is 0 Å². The van der Waals surface area contributed by atoms with E-state index in [2.05, 4.69) is 88.9 Å². The Bertz CT molecular complexity index is 2320. The molecule has 0 fully saturated rings. The Kier molecular flexibility index (Phi) is 6.89. The Morgan fingerprint density at radius 3 is 1.24 bits per heavy atom. The number of hydrogen-bond acceptors (Lipinski definition) is 3. The average Bonchev–Trinajstić information content (AvgIpc) is 3.93. The molecule has 0 saturated carbocycles. The first-order valence-electron chi connectivity index (χ1n) is 15.2. The summed E-state index contributed by atoms with van der Waals surface area (Å²) in [7, 11) is 0. The summed E-state index contributed by atoms with van der Waals surface area (Å²) in [4.78, 5) is 29.3. The third kappa shape index (κ3) is 4.90. The quantitative estimate of drug-likeness (QED) is 0.154. The molecule has 218 valence electrons. The second kappa shape index (κ2) is 11.6. The molecule has 0 aliphatic carbocycles. The monoisotopic (exact) mass is 592 g/mol. The Labute approximate surface area is 266 Å². The predicted octanol–water partition coefficient (Wildman–Crippen LogP) is 9.87. The number of carbonyl (C=O) groups excluding carboxylic acids is 1. The normalized spacial score (nSPS) is 12.2. The van der Waals surface area contributed by atoms with E-state index < -0.39 is 0 Å². The summed E-state index contributed by atoms with van der Waals surface area (Å²) in [6.45, 7) is 0. The van der Waals surface area contributed by atoms with E-state index in [4.69, 9.17) is 9.97 Å². The van der Waals surface area contributed by atoms with Gasteiger partial charge in [-0.2, -0.15) is 0 Å². The number of rotatable bonds is 5. The van der Waals surface area contributed by atoms with E-state index in [1.807, 2.05) is 66.8 Å². The molecule has 8 rings (SSSR count). The topological polar surface area (TPSA) is 74.4 Å². The van der Waals surface area contributed by atoms with Crippen molar-refractivity contribution >= 4 is 58.7 Å². The van der Waals surface area contributed by atoms with Crippen LogP contribution in [0.25, 0.3) is 85.8 Å². The summed E-state index contributed by atoms with van der Waals surface area (Å²) in [5.41, 5.74) is 14.0. The van der Waals surface area contributed by atoms with Crippen LogP contribution in [0.15, 0.2) is 121 Å². The van der Waals surface area contributed by atoms with Crippen LogP contribution >= 0.6 is 0 Å². The van der Waals surface area contributed by atoms with Crippen LogP contribution in [0.4, 0.5) is 0 Å². The number of aromatic amines is 2. The maximum absolute atomic E-state index is 11.5. The van der Waals surface area contributed by atoms with Crippen molar-refractivity contribution in [2.24, 2.45) is 0 Å². The predicted molar refractivity (Wildman–Crippen MR) is 190 cm³/mol. The number of fused-ring (bicyclic) bond motifs is 8. The number of allylic oxidation sites excluding steroid dienone is 1. The van der Waals surface area contributed by atoms with Gasteiger partial charge >= 0.3 is 0 Å². The van der Waals surface area contributed by atoms with Gasteiger partial charge in [-0.05, 0) is 77.4 Å². The van der Waals surface area contributed by atoms with Crippen LogP contribution in [0.1, 0.15) is 28.3 Å². The van der Waals surface area contributed by atoms with Gasteiger partial charge in [-0.15, -0.1) is 0 Å². The van der Waals surface area contributed by atoms with E-state index in [1.165, 1.54) is 6.08 Å². The van der Waals surface area contributed by atoms with Crippen molar-refractivity contribution in [3.05, 3.63) is 150 Å². The highest BCUT2D eigenvalue weighted by Crippen LogP contribution is 2.36. The largest absolute Gasteiger partial charge is 0.354 e. The van der Waals surface area contributed by atoms with Gasteiger partial charge < -0.3 is 9.97 Å². The van der Waals surface area contributed by atoms with Gasteiger partial charge in [0, 0.05) is 44.3 Å². The molecule has 0 radical (unpaired) electrons. The zero-order valence-corrected chi connectivity index (χ0v) is 24.8. The molecular weight excluding hydrogens is 564 g/mol. The van der Waals surface area contributed by atoms with E-state index >= 15 is 0 Å². The van der Waals surface area contributed by atoms with Crippen molar-refractivity contribution < 1.29 is 4.79 Å². The van der Waals surface area contributed by atoms with Crippen molar-refractivity contribution in [3.8, 4) is 33.4 Å². The molecule has 8 bridgehead atoms. The SMILES string of the molecule is O=C/C=C/c1c2nc(c(-c3ccccc3)c3ccc([nH]3)c(-c3ccccc3)c3nc(c(-c4ccccc4)c4ccc1[nH]4)C=C3)C=C2. The van der Waals surface area contributed by atoms with E-state index in [-0.39, 0.29) is 0 Å². The van der Waals surface area contributed by atoms with Crippen molar-refractivity contribution in [1.29, 1.82) is 0 Å². The van der Waals surface area contributed by atoms with Crippen LogP contribution in [0, 0.1) is 0 Å². The van der Waals surface area contributed by atoms with E-state index in [0.29, 0.717) is 0 Å². The lowest BCUT2D eigenvalue weighted by Crippen LogP contribution is -1.89. The fourth-order valence-electron chi connectivity index (χ4n) is 6.26. The molecule has 5 heteroatoms. The summed E-state index contributed by atoms with van der Waals surface area (Å²) < 4.78 is 0. The third-order valence-electron chi connectivity index (χ3n) is 8.32. The minimum atomic E-state index is 0.764. The minimum Gasteiger partial charge on any atom is -0.354 e. The summed E-state index contributed by atoms with van der Waals surface area (Å²) in [6.07, 6.45) is 12.4. The summed E-state index contributed by atoms with van der Waals surface area (Å²) in [5, 5.41) is 0. The highest BCUT2D eigenvalue weighted by Gasteiger charge is 2.17.